The molecule has 1 aromatic heterocycles. The molecule has 4 nitrogen and oxygen atoms in total. The van der Waals surface area contributed by atoms with Crippen LogP contribution in [-0.2, 0) is 13.1 Å². The Morgan fingerprint density at radius 2 is 1.96 bits per heavy atom. The van der Waals surface area contributed by atoms with Gasteiger partial charge in [0, 0.05) is 30.8 Å². The van der Waals surface area contributed by atoms with E-state index in [-0.39, 0.29) is 0 Å². The second-order valence-corrected chi connectivity index (χ2v) is 8.08. The first-order valence-corrected chi connectivity index (χ1v) is 10.3. The fourth-order valence-electron chi connectivity index (χ4n) is 4.07. The average molecular weight is 375 g/mol. The summed E-state index contributed by atoms with van der Waals surface area (Å²) in [5.74, 6) is 0.723. The summed E-state index contributed by atoms with van der Waals surface area (Å²) in [5, 5.41) is 11.1. The zero-order chi connectivity index (χ0) is 19.3. The summed E-state index contributed by atoms with van der Waals surface area (Å²) in [6.45, 7) is 9.66. The van der Waals surface area contributed by atoms with E-state index in [0.717, 1.165) is 31.2 Å². The van der Waals surface area contributed by atoms with Gasteiger partial charge in [0.2, 0.25) is 0 Å². The maximum Gasteiger partial charge on any atom is 0.0695 e. The van der Waals surface area contributed by atoms with Crippen molar-refractivity contribution in [3.05, 3.63) is 77.0 Å². The molecule has 1 saturated heterocycles. The molecular weight excluding hydrogens is 344 g/mol. The summed E-state index contributed by atoms with van der Waals surface area (Å²) in [5.41, 5.74) is 7.63. The van der Waals surface area contributed by atoms with Crippen LogP contribution in [0.3, 0.4) is 0 Å². The lowest BCUT2D eigenvalue weighted by Crippen LogP contribution is -2.26. The molecule has 0 radical (unpaired) electrons. The molecule has 1 aliphatic heterocycles. The number of nitrogens with zero attached hydrogens (tertiary/aromatic N) is 2. The predicted molar refractivity (Wildman–Crippen MR) is 115 cm³/mol. The van der Waals surface area contributed by atoms with Crippen LogP contribution in [0.4, 0.5) is 0 Å². The third kappa shape index (κ3) is 4.51. The molecule has 2 heterocycles. The number of aromatic amines is 1. The Bertz CT molecular complexity index is 900. The highest BCUT2D eigenvalue weighted by Gasteiger charge is 2.22. The molecule has 0 bridgehead atoms. The minimum atomic E-state index is 0.723. The van der Waals surface area contributed by atoms with Gasteiger partial charge in [0.15, 0.2) is 0 Å². The maximum absolute atomic E-state index is 4.29. The van der Waals surface area contributed by atoms with Gasteiger partial charge < -0.3 is 5.32 Å². The number of likely N-dealkylation sites (tertiary alicyclic amines) is 1. The van der Waals surface area contributed by atoms with Crippen LogP contribution in [-0.4, -0.2) is 34.7 Å². The quantitative estimate of drug-likeness (QED) is 0.648. The minimum Gasteiger partial charge on any atom is -0.312 e. The van der Waals surface area contributed by atoms with Crippen LogP contribution in [0, 0.1) is 19.8 Å². The van der Waals surface area contributed by atoms with Gasteiger partial charge in [-0.05, 0) is 62.0 Å². The van der Waals surface area contributed by atoms with Crippen LogP contribution in [0.5, 0.6) is 0 Å². The smallest absolute Gasteiger partial charge is 0.0695 e. The summed E-state index contributed by atoms with van der Waals surface area (Å²) < 4.78 is 0. The van der Waals surface area contributed by atoms with Gasteiger partial charge in [-0.25, -0.2) is 0 Å². The van der Waals surface area contributed by atoms with Crippen molar-refractivity contribution in [3.8, 4) is 11.3 Å². The molecule has 2 N–H and O–H groups in total. The van der Waals surface area contributed by atoms with E-state index >= 15 is 0 Å². The van der Waals surface area contributed by atoms with Crippen LogP contribution in [0.2, 0.25) is 0 Å². The normalized spacial score (nSPS) is 17.3. The summed E-state index contributed by atoms with van der Waals surface area (Å²) in [7, 11) is 0. The van der Waals surface area contributed by atoms with Crippen LogP contribution in [0.25, 0.3) is 11.3 Å². The Balaban J connectivity index is 1.28. The highest BCUT2D eigenvalue weighted by molar-refractivity contribution is 5.64. The minimum absolute atomic E-state index is 0.723. The molecule has 1 aliphatic rings. The van der Waals surface area contributed by atoms with Gasteiger partial charge in [-0.15, -0.1) is 0 Å². The van der Waals surface area contributed by atoms with Gasteiger partial charge in [0.1, 0.15) is 0 Å². The first-order valence-electron chi connectivity index (χ1n) is 10.3. The molecule has 4 heteroatoms. The van der Waals surface area contributed by atoms with E-state index < -0.39 is 0 Å². The van der Waals surface area contributed by atoms with Crippen molar-refractivity contribution in [2.45, 2.75) is 33.4 Å². The topological polar surface area (TPSA) is 44.0 Å². The van der Waals surface area contributed by atoms with E-state index in [2.05, 4.69) is 82.8 Å². The SMILES string of the molecule is Cc1ccc(-c2[nH]ncc2CNCC2CCN(Cc3ccccc3)C2)cc1C. The van der Waals surface area contributed by atoms with Crippen molar-refractivity contribution >= 4 is 0 Å². The van der Waals surface area contributed by atoms with Crippen molar-refractivity contribution in [2.24, 2.45) is 5.92 Å². The Morgan fingerprint density at radius 3 is 2.79 bits per heavy atom. The van der Waals surface area contributed by atoms with Crippen molar-refractivity contribution < 1.29 is 0 Å². The highest BCUT2D eigenvalue weighted by atomic mass is 15.1. The van der Waals surface area contributed by atoms with Gasteiger partial charge in [-0.3, -0.25) is 10.00 Å². The standard InChI is InChI=1S/C24H30N4/c1-18-8-9-22(12-19(18)2)24-23(15-26-27-24)14-25-13-21-10-11-28(17-21)16-20-6-4-3-5-7-20/h3-9,12,15,21,25H,10-11,13-14,16-17H2,1-2H3,(H,26,27). The molecular formula is C24H30N4. The molecule has 0 saturated carbocycles. The number of aryl methyl sites for hydroxylation is 2. The molecule has 0 amide bonds. The van der Waals surface area contributed by atoms with E-state index in [1.807, 2.05) is 6.20 Å². The zero-order valence-corrected chi connectivity index (χ0v) is 16.9. The number of aromatic nitrogens is 2. The van der Waals surface area contributed by atoms with Crippen molar-refractivity contribution in [2.75, 3.05) is 19.6 Å². The molecule has 1 atom stereocenters. The van der Waals surface area contributed by atoms with Gasteiger partial charge in [0.05, 0.1) is 11.9 Å². The van der Waals surface area contributed by atoms with Crippen molar-refractivity contribution in [1.29, 1.82) is 0 Å². The first-order chi connectivity index (χ1) is 13.7. The lowest BCUT2D eigenvalue weighted by Gasteiger charge is -2.16. The van der Waals surface area contributed by atoms with Crippen LogP contribution < -0.4 is 5.32 Å². The summed E-state index contributed by atoms with van der Waals surface area (Å²) in [4.78, 5) is 2.57. The summed E-state index contributed by atoms with van der Waals surface area (Å²) in [6.07, 6.45) is 3.23. The van der Waals surface area contributed by atoms with Gasteiger partial charge >= 0.3 is 0 Å². The van der Waals surface area contributed by atoms with E-state index in [9.17, 15) is 0 Å². The molecule has 0 aliphatic carbocycles. The Morgan fingerprint density at radius 1 is 1.11 bits per heavy atom. The zero-order valence-electron chi connectivity index (χ0n) is 16.9. The van der Waals surface area contributed by atoms with Crippen LogP contribution in [0.15, 0.2) is 54.7 Å². The fourth-order valence-corrected chi connectivity index (χ4v) is 4.07. The monoisotopic (exact) mass is 374 g/mol. The maximum atomic E-state index is 4.29. The second kappa shape index (κ2) is 8.72. The predicted octanol–water partition coefficient (Wildman–Crippen LogP) is 4.31. The van der Waals surface area contributed by atoms with E-state index in [1.165, 1.54) is 47.3 Å². The van der Waals surface area contributed by atoms with E-state index in [0.29, 0.717) is 0 Å². The van der Waals surface area contributed by atoms with Crippen LogP contribution >= 0.6 is 0 Å². The van der Waals surface area contributed by atoms with Crippen LogP contribution in [0.1, 0.15) is 28.7 Å². The summed E-state index contributed by atoms with van der Waals surface area (Å²) in [6, 6.07) is 17.4. The van der Waals surface area contributed by atoms with Gasteiger partial charge in [-0.1, -0.05) is 42.5 Å². The fraction of sp³-hybridized carbons (Fsp3) is 0.375. The number of rotatable bonds is 7. The molecule has 1 fully saturated rings. The lowest BCUT2D eigenvalue weighted by molar-refractivity contribution is 0.314. The average Bonchev–Trinajstić information content (AvgIpc) is 3.35. The van der Waals surface area contributed by atoms with E-state index in [4.69, 9.17) is 0 Å². The largest absolute Gasteiger partial charge is 0.312 e. The first kappa shape index (κ1) is 18.9. The molecule has 0 spiro atoms. The number of benzene rings is 2. The third-order valence-electron chi connectivity index (χ3n) is 5.88. The highest BCUT2D eigenvalue weighted by Crippen LogP contribution is 2.24. The Hall–Kier alpha value is -2.43. The van der Waals surface area contributed by atoms with Gasteiger partial charge in [0.25, 0.3) is 0 Å². The number of H-pyrrole nitrogens is 1. The number of hydrogen-bond donors (Lipinski definition) is 2. The molecule has 2 aromatic carbocycles. The van der Waals surface area contributed by atoms with E-state index in [1.54, 1.807) is 0 Å². The number of hydrogen-bond acceptors (Lipinski definition) is 3. The second-order valence-electron chi connectivity index (χ2n) is 8.08. The Kier molecular flexibility index (Phi) is 5.89. The lowest BCUT2D eigenvalue weighted by atomic mass is 10.0. The molecule has 146 valence electrons. The molecule has 4 rings (SSSR count). The van der Waals surface area contributed by atoms with Crippen molar-refractivity contribution in [1.82, 2.24) is 20.4 Å². The third-order valence-corrected chi connectivity index (χ3v) is 5.88. The van der Waals surface area contributed by atoms with Crippen molar-refractivity contribution in [3.63, 3.8) is 0 Å². The number of nitrogens with one attached hydrogen (secondary N) is 2. The summed E-state index contributed by atoms with van der Waals surface area (Å²) >= 11 is 0. The van der Waals surface area contributed by atoms with Gasteiger partial charge in [-0.2, -0.15) is 5.10 Å². The molecule has 3 aromatic rings. The molecule has 28 heavy (non-hydrogen) atoms. The Labute approximate surface area is 168 Å². The molecule has 1 unspecified atom stereocenters.